The summed E-state index contributed by atoms with van der Waals surface area (Å²) in [5.74, 6) is -2.09. The maximum Gasteiger partial charge on any atom is 0.342 e. The van der Waals surface area contributed by atoms with E-state index in [4.69, 9.17) is 18.9 Å². The van der Waals surface area contributed by atoms with E-state index in [-0.39, 0.29) is 75.2 Å². The van der Waals surface area contributed by atoms with Gasteiger partial charge in [-0.15, -0.1) is 0 Å². The summed E-state index contributed by atoms with van der Waals surface area (Å²) >= 11 is 1.55. The largest absolute Gasteiger partial charge is 0.507 e. The smallest absolute Gasteiger partial charge is 0.342 e. The molecule has 1 aromatic heterocycles. The predicted octanol–water partition coefficient (Wildman–Crippen LogP) is 6.17. The van der Waals surface area contributed by atoms with Crippen molar-refractivity contribution >= 4 is 41.4 Å². The van der Waals surface area contributed by atoms with Crippen LogP contribution in [0.25, 0.3) is 6.08 Å². The molecule has 0 radical (unpaired) electrons. The average molecular weight is 860 g/mol. The summed E-state index contributed by atoms with van der Waals surface area (Å²) < 4.78 is 24.5. The number of fused-ring (bicyclic) bond motifs is 5. The molecular weight excluding hydrogens is 803 g/mol. The van der Waals surface area contributed by atoms with E-state index >= 15 is 0 Å². The van der Waals surface area contributed by atoms with E-state index in [0.29, 0.717) is 75.9 Å². The normalized spacial score (nSPS) is 20.3. The van der Waals surface area contributed by atoms with E-state index in [2.05, 4.69) is 5.32 Å². The molecule has 3 aliphatic heterocycles. The van der Waals surface area contributed by atoms with Crippen LogP contribution >= 0.6 is 11.8 Å². The zero-order chi connectivity index (χ0) is 43.8. The highest BCUT2D eigenvalue weighted by molar-refractivity contribution is 7.98. The quantitative estimate of drug-likeness (QED) is 0.176. The Labute approximate surface area is 360 Å². The lowest BCUT2D eigenvalue weighted by atomic mass is 9.83. The van der Waals surface area contributed by atoms with Gasteiger partial charge >= 0.3 is 5.97 Å². The summed E-state index contributed by atoms with van der Waals surface area (Å²) in [7, 11) is 4.34. The molecular formula is C46H57N3O11S. The number of phenols is 2. The van der Waals surface area contributed by atoms with E-state index < -0.39 is 35.7 Å². The SMILES string of the molecule is COc1cc(C(CC(=O)NC(CCSC)C(=O)N2CC3CC(C2)c2cccc(=O)n2C3)c2c(O)cc3c(c2O)C(=O)OC(C)CCCC(=O)CCCC=C3)cc(OC)c1OC. The van der Waals surface area contributed by atoms with Crippen LogP contribution in [0.1, 0.15) is 109 Å². The van der Waals surface area contributed by atoms with Crippen LogP contribution in [0.15, 0.2) is 47.3 Å². The van der Waals surface area contributed by atoms with Crippen molar-refractivity contribution < 1.29 is 48.3 Å². The van der Waals surface area contributed by atoms with Crippen molar-refractivity contribution in [1.82, 2.24) is 14.8 Å². The number of rotatable bonds is 12. The van der Waals surface area contributed by atoms with E-state index in [1.54, 1.807) is 64.6 Å². The third kappa shape index (κ3) is 10.4. The number of amides is 2. The second kappa shape index (κ2) is 20.4. The van der Waals surface area contributed by atoms with Gasteiger partial charge in [-0.1, -0.05) is 18.2 Å². The Morgan fingerprint density at radius 2 is 1.72 bits per heavy atom. The number of hydrogen-bond acceptors (Lipinski definition) is 12. The van der Waals surface area contributed by atoms with Gasteiger partial charge < -0.3 is 43.9 Å². The summed E-state index contributed by atoms with van der Waals surface area (Å²) in [5.41, 5.74) is 1.14. The molecule has 4 heterocycles. The molecule has 2 amide bonds. The number of ether oxygens (including phenoxy) is 4. The molecule has 3 aromatic rings. The third-order valence-corrected chi connectivity index (χ3v) is 12.6. The van der Waals surface area contributed by atoms with Crippen molar-refractivity contribution in [3.8, 4) is 28.7 Å². The molecule has 5 unspecified atom stereocenters. The number of hydrogen-bond donors (Lipinski definition) is 3. The number of phenolic OH excluding ortho intramolecular Hbond substituents is 2. The van der Waals surface area contributed by atoms with Crippen LogP contribution in [0.2, 0.25) is 0 Å². The first-order valence-electron chi connectivity index (χ1n) is 20.9. The van der Waals surface area contributed by atoms with Crippen LogP contribution in [-0.4, -0.2) is 102 Å². The monoisotopic (exact) mass is 859 g/mol. The van der Waals surface area contributed by atoms with E-state index in [1.807, 2.05) is 12.3 Å². The molecule has 15 heteroatoms. The summed E-state index contributed by atoms with van der Waals surface area (Å²) in [4.78, 5) is 69.6. The number of likely N-dealkylation sites (tertiary alicyclic amines) is 1. The second-order valence-electron chi connectivity index (χ2n) is 16.1. The number of nitrogens with zero attached hydrogens (tertiary/aromatic N) is 2. The Balaban J connectivity index is 1.38. The molecule has 61 heavy (non-hydrogen) atoms. The molecule has 3 N–H and O–H groups in total. The number of ketones is 1. The lowest BCUT2D eigenvalue weighted by Crippen LogP contribution is -2.55. The highest BCUT2D eigenvalue weighted by Crippen LogP contribution is 2.48. The summed E-state index contributed by atoms with van der Waals surface area (Å²) in [6.45, 7) is 3.10. The molecule has 1 saturated heterocycles. The summed E-state index contributed by atoms with van der Waals surface area (Å²) in [6.07, 6.45) is 8.46. The molecule has 2 aromatic carbocycles. The number of aromatic nitrogens is 1. The number of thioether (sulfide) groups is 1. The predicted molar refractivity (Wildman–Crippen MR) is 232 cm³/mol. The van der Waals surface area contributed by atoms with Gasteiger partial charge in [-0.05, 0) is 98.8 Å². The Morgan fingerprint density at radius 3 is 2.43 bits per heavy atom. The number of carbonyl (C=O) groups excluding carboxylic acids is 4. The number of piperidine rings is 1. The Kier molecular flexibility index (Phi) is 15.1. The van der Waals surface area contributed by atoms with E-state index in [9.17, 15) is 34.2 Å². The van der Waals surface area contributed by atoms with Crippen LogP contribution in [0.4, 0.5) is 0 Å². The molecule has 14 nitrogen and oxygen atoms in total. The van der Waals surface area contributed by atoms with Gasteiger partial charge in [0.1, 0.15) is 28.9 Å². The molecule has 0 saturated carbocycles. The molecule has 1 fully saturated rings. The number of methoxy groups -OCH3 is 3. The van der Waals surface area contributed by atoms with Gasteiger partial charge in [-0.3, -0.25) is 19.2 Å². The minimum Gasteiger partial charge on any atom is -0.507 e. The number of allylic oxidation sites excluding steroid dienone is 1. The first-order valence-corrected chi connectivity index (χ1v) is 22.3. The summed E-state index contributed by atoms with van der Waals surface area (Å²) in [6, 6.07) is 8.93. The van der Waals surface area contributed by atoms with Crippen LogP contribution in [-0.2, 0) is 25.7 Å². The fourth-order valence-corrected chi connectivity index (χ4v) is 9.41. The number of cyclic esters (lactones) is 1. The Bertz CT molecular complexity index is 2180. The van der Waals surface area contributed by atoms with Gasteiger partial charge in [0.15, 0.2) is 11.5 Å². The van der Waals surface area contributed by atoms with Crippen LogP contribution in [0, 0.1) is 5.92 Å². The van der Waals surface area contributed by atoms with Crippen molar-refractivity contribution in [3.05, 3.63) is 80.8 Å². The standard InChI is InChI=1S/C46H57N3O11S/c1-27-11-9-14-32(50)13-8-6-7-12-29-20-36(51)42(43(54)41(29)46(56)60-27)33(30-21-37(57-2)44(59-4)38(22-30)58-3)23-39(52)47-34(17-18-61-5)45(55)48-24-28-19-31(26-48)35-15-10-16-40(53)49(35)25-28/h7,10,12,15-16,20-22,27-28,31,33-34,51,54H,6,8-9,11,13-14,17-19,23-26H2,1-5H3,(H,47,52). The second-order valence-corrected chi connectivity index (χ2v) is 17.1. The highest BCUT2D eigenvalue weighted by atomic mass is 32.2. The number of benzene rings is 2. The van der Waals surface area contributed by atoms with Gasteiger partial charge in [0.25, 0.3) is 5.56 Å². The van der Waals surface area contributed by atoms with Crippen LogP contribution in [0.5, 0.6) is 28.7 Å². The fraction of sp³-hybridized carbons (Fsp3) is 0.500. The molecule has 2 bridgehead atoms. The number of aromatic hydroxyl groups is 2. The topological polar surface area (TPSA) is 183 Å². The molecule has 0 aliphatic carbocycles. The lowest BCUT2D eigenvalue weighted by Gasteiger charge is -2.43. The number of carbonyl (C=O) groups is 4. The van der Waals surface area contributed by atoms with Gasteiger partial charge in [0.2, 0.25) is 17.6 Å². The van der Waals surface area contributed by atoms with Gasteiger partial charge in [-0.25, -0.2) is 4.79 Å². The molecule has 5 atom stereocenters. The van der Waals surface area contributed by atoms with Gasteiger partial charge in [0.05, 0.1) is 27.4 Å². The van der Waals surface area contributed by atoms with E-state index in [0.717, 1.165) is 12.1 Å². The molecule has 3 aliphatic rings. The third-order valence-electron chi connectivity index (χ3n) is 11.9. The zero-order valence-corrected chi connectivity index (χ0v) is 36.4. The fourth-order valence-electron chi connectivity index (χ4n) is 8.94. The minimum atomic E-state index is -1.12. The summed E-state index contributed by atoms with van der Waals surface area (Å²) in [5, 5.41) is 27.0. The van der Waals surface area contributed by atoms with Crippen molar-refractivity contribution in [2.45, 2.75) is 95.2 Å². The molecule has 6 rings (SSSR count). The van der Waals surface area contributed by atoms with E-state index in [1.165, 1.54) is 27.4 Å². The van der Waals surface area contributed by atoms with Crippen LogP contribution in [0.3, 0.4) is 0 Å². The van der Waals surface area contributed by atoms with Crippen LogP contribution < -0.4 is 25.1 Å². The van der Waals surface area contributed by atoms with Crippen molar-refractivity contribution in [3.63, 3.8) is 0 Å². The van der Waals surface area contributed by atoms with Crippen molar-refractivity contribution in [1.29, 1.82) is 0 Å². The lowest BCUT2D eigenvalue weighted by molar-refractivity contribution is -0.139. The first-order chi connectivity index (χ1) is 29.4. The highest BCUT2D eigenvalue weighted by Gasteiger charge is 2.39. The first kappa shape index (κ1) is 45.1. The maximum absolute atomic E-state index is 14.4. The van der Waals surface area contributed by atoms with Gasteiger partial charge in [-0.2, -0.15) is 11.8 Å². The van der Waals surface area contributed by atoms with Crippen molar-refractivity contribution in [2.24, 2.45) is 5.92 Å². The van der Waals surface area contributed by atoms with Gasteiger partial charge in [0, 0.05) is 68.1 Å². The van der Waals surface area contributed by atoms with Crippen molar-refractivity contribution in [2.75, 3.05) is 46.4 Å². The molecule has 0 spiro atoms. The minimum absolute atomic E-state index is 0.0136. The maximum atomic E-state index is 14.4. The zero-order valence-electron chi connectivity index (χ0n) is 35.6. The average Bonchev–Trinajstić information content (AvgIpc) is 3.23. The Morgan fingerprint density at radius 1 is 0.984 bits per heavy atom. The molecule has 328 valence electrons. The number of esters is 1. The number of pyridine rings is 1. The number of Topliss-reactive ketones (excluding diaryl/α,β-unsaturated/α-hetero) is 1. The number of nitrogens with one attached hydrogen (secondary N) is 1. The Hall–Kier alpha value is -5.44.